The predicted octanol–water partition coefficient (Wildman–Crippen LogP) is 1.83. The van der Waals surface area contributed by atoms with Crippen LogP contribution in [0.15, 0.2) is 12.1 Å². The van der Waals surface area contributed by atoms with Crippen molar-refractivity contribution in [3.63, 3.8) is 0 Å². The normalized spacial score (nSPS) is 25.1. The van der Waals surface area contributed by atoms with Gasteiger partial charge < -0.3 is 15.5 Å². The summed E-state index contributed by atoms with van der Waals surface area (Å²) in [5, 5.41) is 0. The van der Waals surface area contributed by atoms with E-state index in [0.29, 0.717) is 31.6 Å². The van der Waals surface area contributed by atoms with Crippen LogP contribution in [0.25, 0.3) is 0 Å². The summed E-state index contributed by atoms with van der Waals surface area (Å²) in [5.41, 5.74) is 5.96. The number of carbonyl (C=O) groups is 2. The van der Waals surface area contributed by atoms with Gasteiger partial charge in [0, 0.05) is 50.0 Å². The highest BCUT2D eigenvalue weighted by Crippen LogP contribution is 2.37. The third-order valence-corrected chi connectivity index (χ3v) is 6.11. The number of amides is 2. The molecule has 3 aliphatic rings. The standard InChI is InChI=1S/C20H24F3N3O2/c21-15-8-17(23)16(22)6-13(15)5-14(24)7-19(27)26-4-3-12-9-25(10-18(12)26)20(28)11-1-2-11/h6,8,11-12,14,18H,1-5,7,9-10,24H2. The van der Waals surface area contributed by atoms with E-state index in [0.717, 1.165) is 25.3 Å². The van der Waals surface area contributed by atoms with E-state index in [9.17, 15) is 22.8 Å². The number of benzene rings is 1. The van der Waals surface area contributed by atoms with Gasteiger partial charge >= 0.3 is 0 Å². The summed E-state index contributed by atoms with van der Waals surface area (Å²) in [4.78, 5) is 28.7. The number of halogens is 3. The minimum atomic E-state index is -1.25. The van der Waals surface area contributed by atoms with Crippen molar-refractivity contribution in [1.29, 1.82) is 0 Å². The van der Waals surface area contributed by atoms with Gasteiger partial charge in [0.1, 0.15) is 5.82 Å². The molecule has 2 heterocycles. The first-order chi connectivity index (χ1) is 13.3. The average molecular weight is 395 g/mol. The van der Waals surface area contributed by atoms with Crippen LogP contribution in [0.4, 0.5) is 13.2 Å². The first kappa shape index (κ1) is 19.2. The molecule has 0 bridgehead atoms. The zero-order valence-corrected chi connectivity index (χ0v) is 15.5. The number of nitrogens with zero attached hydrogens (tertiary/aromatic N) is 2. The zero-order valence-electron chi connectivity index (χ0n) is 15.5. The first-order valence-corrected chi connectivity index (χ1v) is 9.80. The quantitative estimate of drug-likeness (QED) is 0.774. The number of fused-ring (bicyclic) bond motifs is 1. The highest BCUT2D eigenvalue weighted by Gasteiger charge is 2.46. The van der Waals surface area contributed by atoms with Gasteiger partial charge in [-0.3, -0.25) is 9.59 Å². The fourth-order valence-corrected chi connectivity index (χ4v) is 4.46. The van der Waals surface area contributed by atoms with Gasteiger partial charge in [0.05, 0.1) is 6.04 Å². The van der Waals surface area contributed by atoms with Gasteiger partial charge in [-0.2, -0.15) is 0 Å². The maximum atomic E-state index is 13.8. The summed E-state index contributed by atoms with van der Waals surface area (Å²) in [5.74, 6) is -2.72. The molecule has 1 aromatic rings. The van der Waals surface area contributed by atoms with Crippen LogP contribution in [0.2, 0.25) is 0 Å². The zero-order chi connectivity index (χ0) is 20.0. The fourth-order valence-electron chi connectivity index (χ4n) is 4.46. The molecule has 1 aromatic carbocycles. The lowest BCUT2D eigenvalue weighted by Crippen LogP contribution is -2.43. The Morgan fingerprint density at radius 2 is 1.79 bits per heavy atom. The molecule has 1 saturated carbocycles. The van der Waals surface area contributed by atoms with Crippen molar-refractivity contribution in [1.82, 2.24) is 9.80 Å². The van der Waals surface area contributed by atoms with E-state index in [1.807, 2.05) is 4.90 Å². The van der Waals surface area contributed by atoms with Crippen LogP contribution in [0.1, 0.15) is 31.2 Å². The van der Waals surface area contributed by atoms with Crippen LogP contribution in [0.5, 0.6) is 0 Å². The molecular formula is C20H24F3N3O2. The van der Waals surface area contributed by atoms with Crippen LogP contribution in [-0.4, -0.2) is 53.3 Å². The summed E-state index contributed by atoms with van der Waals surface area (Å²) in [6.07, 6.45) is 2.73. The van der Waals surface area contributed by atoms with Gasteiger partial charge in [-0.25, -0.2) is 13.2 Å². The van der Waals surface area contributed by atoms with Crippen molar-refractivity contribution in [3.05, 3.63) is 35.1 Å². The van der Waals surface area contributed by atoms with Crippen molar-refractivity contribution in [2.75, 3.05) is 19.6 Å². The Hall–Kier alpha value is -2.09. The molecule has 8 heteroatoms. The topological polar surface area (TPSA) is 66.6 Å². The van der Waals surface area contributed by atoms with Crippen molar-refractivity contribution in [2.45, 2.75) is 44.2 Å². The van der Waals surface area contributed by atoms with E-state index < -0.39 is 23.5 Å². The fraction of sp³-hybridized carbons (Fsp3) is 0.600. The molecule has 0 radical (unpaired) electrons. The largest absolute Gasteiger partial charge is 0.340 e. The van der Waals surface area contributed by atoms with E-state index >= 15 is 0 Å². The summed E-state index contributed by atoms with van der Waals surface area (Å²) in [6, 6.07) is 0.604. The van der Waals surface area contributed by atoms with E-state index in [4.69, 9.17) is 5.73 Å². The van der Waals surface area contributed by atoms with Gasteiger partial charge in [0.15, 0.2) is 11.6 Å². The lowest BCUT2D eigenvalue weighted by Gasteiger charge is -2.26. The number of hydrogen-bond donors (Lipinski definition) is 1. The molecule has 28 heavy (non-hydrogen) atoms. The minimum Gasteiger partial charge on any atom is -0.340 e. The Bertz CT molecular complexity index is 799. The molecule has 3 atom stereocenters. The molecule has 3 fully saturated rings. The Labute approximate surface area is 161 Å². The molecule has 4 rings (SSSR count). The summed E-state index contributed by atoms with van der Waals surface area (Å²) in [7, 11) is 0. The molecule has 0 aromatic heterocycles. The molecule has 2 N–H and O–H groups in total. The highest BCUT2D eigenvalue weighted by molar-refractivity contribution is 5.82. The summed E-state index contributed by atoms with van der Waals surface area (Å²) >= 11 is 0. The maximum Gasteiger partial charge on any atom is 0.225 e. The lowest BCUT2D eigenvalue weighted by molar-refractivity contribution is -0.135. The van der Waals surface area contributed by atoms with Crippen LogP contribution in [0.3, 0.4) is 0 Å². The number of likely N-dealkylation sites (tertiary alicyclic amines) is 2. The van der Waals surface area contributed by atoms with Crippen LogP contribution < -0.4 is 5.73 Å². The number of rotatable bonds is 5. The SMILES string of the molecule is NC(CC(=O)N1CCC2CN(C(=O)C3CC3)CC21)Cc1cc(F)c(F)cc1F. The Balaban J connectivity index is 1.34. The summed E-state index contributed by atoms with van der Waals surface area (Å²) in [6.45, 7) is 1.90. The summed E-state index contributed by atoms with van der Waals surface area (Å²) < 4.78 is 40.2. The predicted molar refractivity (Wildman–Crippen MR) is 95.5 cm³/mol. The molecule has 152 valence electrons. The van der Waals surface area contributed by atoms with E-state index in [2.05, 4.69) is 0 Å². The second-order valence-corrected chi connectivity index (χ2v) is 8.25. The van der Waals surface area contributed by atoms with Gasteiger partial charge in [-0.05, 0) is 37.3 Å². The molecular weight excluding hydrogens is 371 g/mol. The van der Waals surface area contributed by atoms with Gasteiger partial charge in [-0.1, -0.05) is 0 Å². The highest BCUT2D eigenvalue weighted by atomic mass is 19.2. The van der Waals surface area contributed by atoms with Gasteiger partial charge in [0.25, 0.3) is 0 Å². The Morgan fingerprint density at radius 3 is 2.50 bits per heavy atom. The van der Waals surface area contributed by atoms with E-state index in [1.54, 1.807) is 4.90 Å². The number of nitrogens with two attached hydrogens (primary N) is 1. The van der Waals surface area contributed by atoms with E-state index in [1.165, 1.54) is 0 Å². The van der Waals surface area contributed by atoms with Crippen molar-refractivity contribution < 1.29 is 22.8 Å². The number of hydrogen-bond acceptors (Lipinski definition) is 3. The van der Waals surface area contributed by atoms with Crippen LogP contribution in [-0.2, 0) is 16.0 Å². The van der Waals surface area contributed by atoms with Crippen molar-refractivity contribution in [3.8, 4) is 0 Å². The molecule has 2 aliphatic heterocycles. The maximum absolute atomic E-state index is 13.8. The molecule has 5 nitrogen and oxygen atoms in total. The second kappa shape index (κ2) is 7.39. The molecule has 3 unspecified atom stereocenters. The lowest BCUT2D eigenvalue weighted by atomic mass is 10.0. The van der Waals surface area contributed by atoms with Crippen molar-refractivity contribution >= 4 is 11.8 Å². The minimum absolute atomic E-state index is 0.00176. The Kier molecular flexibility index (Phi) is 5.07. The molecule has 2 amide bonds. The van der Waals surface area contributed by atoms with E-state index in [-0.39, 0.29) is 42.2 Å². The molecule has 0 spiro atoms. The van der Waals surface area contributed by atoms with Crippen molar-refractivity contribution in [2.24, 2.45) is 17.6 Å². The Morgan fingerprint density at radius 1 is 1.07 bits per heavy atom. The van der Waals surface area contributed by atoms with Crippen LogP contribution >= 0.6 is 0 Å². The molecule has 1 aliphatic carbocycles. The average Bonchev–Trinajstić information content (AvgIpc) is 3.27. The van der Waals surface area contributed by atoms with Crippen LogP contribution in [0, 0.1) is 29.3 Å². The third kappa shape index (κ3) is 3.74. The van der Waals surface area contributed by atoms with Gasteiger partial charge in [0.2, 0.25) is 11.8 Å². The number of carbonyl (C=O) groups excluding carboxylic acids is 2. The smallest absolute Gasteiger partial charge is 0.225 e. The van der Waals surface area contributed by atoms with Gasteiger partial charge in [-0.15, -0.1) is 0 Å². The first-order valence-electron chi connectivity index (χ1n) is 9.80. The third-order valence-electron chi connectivity index (χ3n) is 6.11. The molecule has 2 saturated heterocycles. The second-order valence-electron chi connectivity index (χ2n) is 8.25. The monoisotopic (exact) mass is 395 g/mol.